The van der Waals surface area contributed by atoms with Gasteiger partial charge in [-0.05, 0) is 37.5 Å². The van der Waals surface area contributed by atoms with Gasteiger partial charge in [-0.15, -0.1) is 0 Å². The topological polar surface area (TPSA) is 36.9 Å². The van der Waals surface area contributed by atoms with Gasteiger partial charge in [0, 0.05) is 37.1 Å². The minimum atomic E-state index is -0.212. The van der Waals surface area contributed by atoms with Crippen molar-refractivity contribution in [1.29, 1.82) is 0 Å². The van der Waals surface area contributed by atoms with Gasteiger partial charge < -0.3 is 15.0 Å². The second-order valence-electron chi connectivity index (χ2n) is 8.04. The van der Waals surface area contributed by atoms with Crippen molar-refractivity contribution in [3.8, 4) is 0 Å². The highest BCUT2D eigenvalue weighted by molar-refractivity contribution is 5.80. The molecule has 1 atom stereocenters. The molecule has 1 aromatic rings. The third-order valence-corrected chi connectivity index (χ3v) is 5.49. The zero-order valence-electron chi connectivity index (χ0n) is 15.6. The summed E-state index contributed by atoms with van der Waals surface area (Å²) in [5.74, 6) is 0.778. The Morgan fingerprint density at radius 3 is 2.92 bits per heavy atom. The molecule has 0 amide bonds. The molecule has 138 valence electrons. The van der Waals surface area contributed by atoms with Crippen LogP contribution in [0.4, 0.5) is 4.39 Å². The number of rotatable bonds is 4. The molecule has 0 aliphatic carbocycles. The molecule has 2 aliphatic rings. The third kappa shape index (κ3) is 4.14. The number of likely N-dealkylation sites (tertiary alicyclic amines) is 1. The van der Waals surface area contributed by atoms with Crippen molar-refractivity contribution in [1.82, 2.24) is 10.2 Å². The van der Waals surface area contributed by atoms with E-state index in [0.717, 1.165) is 50.8 Å². The molecule has 1 spiro atoms. The number of aliphatic imine (C=N–C) groups is 1. The van der Waals surface area contributed by atoms with Gasteiger partial charge in [-0.2, -0.15) is 0 Å². The first-order valence-corrected chi connectivity index (χ1v) is 9.31. The predicted molar refractivity (Wildman–Crippen MR) is 99.5 cm³/mol. The standard InChI is InChI=1S/C20H30FN3O/c1-4-22-18(24-10-8-20(14-24)9-11-25-15-20)23-13-19(2,3)16-6-5-7-17(21)12-16/h5-7,12H,4,8-11,13-15H2,1-3H3,(H,22,23). The first-order chi connectivity index (χ1) is 11.9. The Balaban J connectivity index is 1.72. The molecule has 1 unspecified atom stereocenters. The average molecular weight is 347 g/mol. The Bertz CT molecular complexity index is 623. The van der Waals surface area contributed by atoms with E-state index in [2.05, 4.69) is 31.0 Å². The molecule has 2 fully saturated rings. The maximum Gasteiger partial charge on any atom is 0.193 e. The molecule has 0 saturated carbocycles. The lowest BCUT2D eigenvalue weighted by molar-refractivity contribution is 0.156. The van der Waals surface area contributed by atoms with Crippen LogP contribution in [0.2, 0.25) is 0 Å². The van der Waals surface area contributed by atoms with Crippen LogP contribution in [-0.4, -0.2) is 50.3 Å². The van der Waals surface area contributed by atoms with E-state index in [9.17, 15) is 4.39 Å². The highest BCUT2D eigenvalue weighted by atomic mass is 19.1. The van der Waals surface area contributed by atoms with Crippen molar-refractivity contribution >= 4 is 5.96 Å². The summed E-state index contributed by atoms with van der Waals surface area (Å²) in [4.78, 5) is 7.26. The van der Waals surface area contributed by atoms with Crippen LogP contribution in [0.25, 0.3) is 0 Å². The van der Waals surface area contributed by atoms with Crippen LogP contribution >= 0.6 is 0 Å². The molecule has 1 N–H and O–H groups in total. The van der Waals surface area contributed by atoms with Gasteiger partial charge in [0.25, 0.3) is 0 Å². The van der Waals surface area contributed by atoms with Gasteiger partial charge in [0.05, 0.1) is 13.2 Å². The van der Waals surface area contributed by atoms with Gasteiger partial charge in [0.1, 0.15) is 5.82 Å². The summed E-state index contributed by atoms with van der Waals surface area (Å²) in [6.07, 6.45) is 2.32. The lowest BCUT2D eigenvalue weighted by Gasteiger charge is -2.27. The van der Waals surface area contributed by atoms with Gasteiger partial charge >= 0.3 is 0 Å². The maximum atomic E-state index is 13.6. The molecule has 5 heteroatoms. The van der Waals surface area contributed by atoms with Crippen LogP contribution in [0.5, 0.6) is 0 Å². The van der Waals surface area contributed by atoms with E-state index in [1.807, 2.05) is 6.07 Å². The van der Waals surface area contributed by atoms with Crippen molar-refractivity contribution in [2.24, 2.45) is 10.4 Å². The fourth-order valence-electron chi connectivity index (χ4n) is 3.79. The van der Waals surface area contributed by atoms with E-state index in [0.29, 0.717) is 12.0 Å². The number of halogens is 1. The van der Waals surface area contributed by atoms with Crippen LogP contribution in [0.3, 0.4) is 0 Å². The molecule has 25 heavy (non-hydrogen) atoms. The van der Waals surface area contributed by atoms with Crippen molar-refractivity contribution in [2.75, 3.05) is 39.4 Å². The van der Waals surface area contributed by atoms with Crippen molar-refractivity contribution in [3.05, 3.63) is 35.6 Å². The Hall–Kier alpha value is -1.62. The first-order valence-electron chi connectivity index (χ1n) is 9.31. The number of hydrogen-bond donors (Lipinski definition) is 1. The molecule has 0 aromatic heterocycles. The van der Waals surface area contributed by atoms with Crippen molar-refractivity contribution in [2.45, 2.75) is 39.0 Å². The number of guanidine groups is 1. The summed E-state index contributed by atoms with van der Waals surface area (Å²) in [6, 6.07) is 6.85. The number of nitrogens with one attached hydrogen (secondary N) is 1. The Labute approximate surface area is 150 Å². The van der Waals surface area contributed by atoms with Crippen LogP contribution in [-0.2, 0) is 10.2 Å². The zero-order valence-corrected chi connectivity index (χ0v) is 15.6. The Morgan fingerprint density at radius 1 is 1.40 bits per heavy atom. The van der Waals surface area contributed by atoms with E-state index in [1.54, 1.807) is 12.1 Å². The summed E-state index contributed by atoms with van der Waals surface area (Å²) in [5.41, 5.74) is 1.08. The van der Waals surface area contributed by atoms with Crippen LogP contribution in [0.1, 0.15) is 39.2 Å². The quantitative estimate of drug-likeness (QED) is 0.671. The third-order valence-electron chi connectivity index (χ3n) is 5.49. The highest BCUT2D eigenvalue weighted by Gasteiger charge is 2.42. The number of ether oxygens (including phenoxy) is 1. The number of nitrogens with zero attached hydrogens (tertiary/aromatic N) is 2. The Kier molecular flexibility index (Phi) is 5.32. The van der Waals surface area contributed by atoms with E-state index in [4.69, 9.17) is 9.73 Å². The molecule has 2 aliphatic heterocycles. The summed E-state index contributed by atoms with van der Waals surface area (Å²) in [5, 5.41) is 3.43. The molecular weight excluding hydrogens is 317 g/mol. The van der Waals surface area contributed by atoms with Crippen molar-refractivity contribution in [3.63, 3.8) is 0 Å². The van der Waals surface area contributed by atoms with Gasteiger partial charge in [-0.1, -0.05) is 26.0 Å². The van der Waals surface area contributed by atoms with Gasteiger partial charge in [0.2, 0.25) is 0 Å². The highest BCUT2D eigenvalue weighted by Crippen LogP contribution is 2.38. The van der Waals surface area contributed by atoms with Crippen molar-refractivity contribution < 1.29 is 9.13 Å². The second kappa shape index (κ2) is 7.32. The second-order valence-corrected chi connectivity index (χ2v) is 8.04. The summed E-state index contributed by atoms with van der Waals surface area (Å²) in [6.45, 7) is 11.6. The van der Waals surface area contributed by atoms with Gasteiger partial charge in [0.15, 0.2) is 5.96 Å². The molecular formula is C20H30FN3O. The summed E-state index contributed by atoms with van der Waals surface area (Å²) < 4.78 is 19.2. The number of hydrogen-bond acceptors (Lipinski definition) is 2. The van der Waals surface area contributed by atoms with Crippen LogP contribution in [0, 0.1) is 11.2 Å². The lowest BCUT2D eigenvalue weighted by atomic mass is 9.85. The molecule has 1 aromatic carbocycles. The zero-order chi connectivity index (χ0) is 17.9. The summed E-state index contributed by atoms with van der Waals surface area (Å²) in [7, 11) is 0. The summed E-state index contributed by atoms with van der Waals surface area (Å²) >= 11 is 0. The molecule has 2 saturated heterocycles. The van der Waals surface area contributed by atoms with Crippen LogP contribution in [0.15, 0.2) is 29.3 Å². The normalized spacial score (nSPS) is 24.3. The molecule has 2 heterocycles. The van der Waals surface area contributed by atoms with Crippen LogP contribution < -0.4 is 5.32 Å². The van der Waals surface area contributed by atoms with Gasteiger partial charge in [-0.25, -0.2) is 4.39 Å². The minimum Gasteiger partial charge on any atom is -0.381 e. The molecule has 0 radical (unpaired) electrons. The fourth-order valence-corrected chi connectivity index (χ4v) is 3.79. The van der Waals surface area contributed by atoms with E-state index in [-0.39, 0.29) is 11.2 Å². The van der Waals surface area contributed by atoms with E-state index >= 15 is 0 Å². The minimum absolute atomic E-state index is 0.191. The Morgan fingerprint density at radius 2 is 2.24 bits per heavy atom. The smallest absolute Gasteiger partial charge is 0.193 e. The molecule has 3 rings (SSSR count). The molecule has 4 nitrogen and oxygen atoms in total. The van der Waals surface area contributed by atoms with E-state index < -0.39 is 0 Å². The monoisotopic (exact) mass is 347 g/mol. The largest absolute Gasteiger partial charge is 0.381 e. The lowest BCUT2D eigenvalue weighted by Crippen LogP contribution is -2.42. The molecule has 0 bridgehead atoms. The average Bonchev–Trinajstić information content (AvgIpc) is 3.22. The number of benzene rings is 1. The fraction of sp³-hybridized carbons (Fsp3) is 0.650. The first kappa shape index (κ1) is 18.2. The maximum absolute atomic E-state index is 13.6. The van der Waals surface area contributed by atoms with E-state index in [1.165, 1.54) is 12.5 Å². The predicted octanol–water partition coefficient (Wildman–Crippen LogP) is 3.18. The SMILES string of the molecule is CCNC(=NCC(C)(C)c1cccc(F)c1)N1CCC2(CCOC2)C1. The van der Waals surface area contributed by atoms with Gasteiger partial charge in [-0.3, -0.25) is 4.99 Å².